The molecule has 4 rings (SSSR count). The SMILES string of the molecule is CC(C)(C)OC(=O)NC(Cc1nc(CCCc2ccc3cccnc3n2)no1)C(=O)OCc1ccccc1. The van der Waals surface area contributed by atoms with Crippen LogP contribution in [0.4, 0.5) is 4.79 Å². The molecule has 1 amide bonds. The summed E-state index contributed by atoms with van der Waals surface area (Å²) in [5, 5.41) is 7.59. The number of alkyl carbamates (subject to hydrolysis) is 1. The monoisotopic (exact) mass is 517 g/mol. The second-order valence-corrected chi connectivity index (χ2v) is 9.81. The van der Waals surface area contributed by atoms with Gasteiger partial charge in [-0.3, -0.25) is 0 Å². The Labute approximate surface area is 220 Å². The lowest BCUT2D eigenvalue weighted by molar-refractivity contribution is -0.147. The Balaban J connectivity index is 1.35. The molecule has 0 saturated carbocycles. The Morgan fingerprint density at radius 2 is 1.82 bits per heavy atom. The number of esters is 1. The van der Waals surface area contributed by atoms with E-state index >= 15 is 0 Å². The highest BCUT2D eigenvalue weighted by Crippen LogP contribution is 2.13. The second kappa shape index (κ2) is 12.3. The van der Waals surface area contributed by atoms with E-state index < -0.39 is 23.7 Å². The maximum Gasteiger partial charge on any atom is 0.408 e. The highest BCUT2D eigenvalue weighted by Gasteiger charge is 2.28. The van der Waals surface area contributed by atoms with Gasteiger partial charge in [-0.2, -0.15) is 4.98 Å². The maximum absolute atomic E-state index is 12.9. The molecular weight excluding hydrogens is 486 g/mol. The molecule has 4 aromatic rings. The summed E-state index contributed by atoms with van der Waals surface area (Å²) in [6.07, 6.45) is 3.00. The zero-order valence-corrected chi connectivity index (χ0v) is 21.7. The average molecular weight is 518 g/mol. The summed E-state index contributed by atoms with van der Waals surface area (Å²) >= 11 is 0. The number of aromatic nitrogens is 4. The molecular formula is C28H31N5O5. The Bertz CT molecular complexity index is 1370. The summed E-state index contributed by atoms with van der Waals surface area (Å²) in [5.41, 5.74) is 1.75. The molecule has 0 radical (unpaired) electrons. The molecule has 1 unspecified atom stereocenters. The summed E-state index contributed by atoms with van der Waals surface area (Å²) in [6.45, 7) is 5.29. The van der Waals surface area contributed by atoms with Crippen molar-refractivity contribution >= 4 is 23.1 Å². The third-order valence-corrected chi connectivity index (χ3v) is 5.44. The van der Waals surface area contributed by atoms with Gasteiger partial charge >= 0.3 is 12.1 Å². The zero-order valence-electron chi connectivity index (χ0n) is 21.7. The average Bonchev–Trinajstić information content (AvgIpc) is 3.33. The predicted molar refractivity (Wildman–Crippen MR) is 139 cm³/mol. The molecule has 0 saturated heterocycles. The maximum atomic E-state index is 12.9. The van der Waals surface area contributed by atoms with Crippen molar-refractivity contribution < 1.29 is 23.6 Å². The van der Waals surface area contributed by atoms with E-state index in [-0.39, 0.29) is 18.9 Å². The van der Waals surface area contributed by atoms with Crippen molar-refractivity contribution in [3.05, 3.63) is 83.8 Å². The topological polar surface area (TPSA) is 129 Å². The van der Waals surface area contributed by atoms with Crippen LogP contribution in [0.15, 0.2) is 65.3 Å². The number of nitrogens with zero attached hydrogens (tertiary/aromatic N) is 4. The van der Waals surface area contributed by atoms with Gasteiger partial charge < -0.3 is 19.3 Å². The third-order valence-electron chi connectivity index (χ3n) is 5.44. The second-order valence-electron chi connectivity index (χ2n) is 9.81. The summed E-state index contributed by atoms with van der Waals surface area (Å²) in [6, 6.07) is 16.1. The van der Waals surface area contributed by atoms with Crippen molar-refractivity contribution in [2.45, 2.75) is 64.7 Å². The van der Waals surface area contributed by atoms with Crippen LogP contribution in [0.3, 0.4) is 0 Å². The predicted octanol–water partition coefficient (Wildman–Crippen LogP) is 4.37. The van der Waals surface area contributed by atoms with E-state index in [0.717, 1.165) is 35.1 Å². The summed E-state index contributed by atoms with van der Waals surface area (Å²) in [5.74, 6) is 0.0915. The van der Waals surface area contributed by atoms with E-state index in [1.807, 2.05) is 54.6 Å². The molecule has 198 valence electrons. The van der Waals surface area contributed by atoms with Crippen LogP contribution in [0.25, 0.3) is 11.0 Å². The number of nitrogens with one attached hydrogen (secondary N) is 1. The highest BCUT2D eigenvalue weighted by atomic mass is 16.6. The molecule has 0 aliphatic rings. The van der Waals surface area contributed by atoms with E-state index in [4.69, 9.17) is 14.0 Å². The van der Waals surface area contributed by atoms with Gasteiger partial charge in [-0.15, -0.1) is 0 Å². The molecule has 10 heteroatoms. The first-order valence-corrected chi connectivity index (χ1v) is 12.5. The van der Waals surface area contributed by atoms with Crippen LogP contribution in [0.5, 0.6) is 0 Å². The molecule has 3 aromatic heterocycles. The van der Waals surface area contributed by atoms with Crippen molar-refractivity contribution in [3.63, 3.8) is 0 Å². The van der Waals surface area contributed by atoms with Gasteiger partial charge in [0.15, 0.2) is 11.5 Å². The highest BCUT2D eigenvalue weighted by molar-refractivity contribution is 5.81. The van der Waals surface area contributed by atoms with E-state index in [1.165, 1.54) is 0 Å². The number of carbonyl (C=O) groups excluding carboxylic acids is 2. The van der Waals surface area contributed by atoms with Gasteiger partial charge in [-0.05, 0) is 63.4 Å². The number of hydrogen-bond donors (Lipinski definition) is 1. The van der Waals surface area contributed by atoms with E-state index in [1.54, 1.807) is 27.0 Å². The minimum Gasteiger partial charge on any atom is -0.459 e. The number of carbonyl (C=O) groups is 2. The number of ether oxygens (including phenoxy) is 2. The van der Waals surface area contributed by atoms with Crippen LogP contribution in [0.1, 0.15) is 50.2 Å². The Hall–Kier alpha value is -4.34. The van der Waals surface area contributed by atoms with Crippen molar-refractivity contribution in [2.24, 2.45) is 0 Å². The summed E-state index contributed by atoms with van der Waals surface area (Å²) in [4.78, 5) is 38.5. The van der Waals surface area contributed by atoms with Crippen molar-refractivity contribution in [1.82, 2.24) is 25.4 Å². The van der Waals surface area contributed by atoms with Gasteiger partial charge in [0.2, 0.25) is 5.89 Å². The van der Waals surface area contributed by atoms with Gasteiger partial charge in [-0.25, -0.2) is 19.6 Å². The molecule has 0 fully saturated rings. The summed E-state index contributed by atoms with van der Waals surface area (Å²) < 4.78 is 16.1. The summed E-state index contributed by atoms with van der Waals surface area (Å²) in [7, 11) is 0. The number of amides is 1. The van der Waals surface area contributed by atoms with Gasteiger partial charge in [0.1, 0.15) is 18.2 Å². The molecule has 1 aromatic carbocycles. The molecule has 1 N–H and O–H groups in total. The third kappa shape index (κ3) is 8.09. The first-order chi connectivity index (χ1) is 18.2. The molecule has 10 nitrogen and oxygen atoms in total. The van der Waals surface area contributed by atoms with Crippen LogP contribution in [0, 0.1) is 0 Å². The van der Waals surface area contributed by atoms with E-state index in [2.05, 4.69) is 25.4 Å². The minimum atomic E-state index is -1.06. The number of benzene rings is 1. The number of aryl methyl sites for hydroxylation is 2. The zero-order chi connectivity index (χ0) is 27.0. The molecule has 3 heterocycles. The number of rotatable bonds is 10. The standard InChI is InChI=1S/C28H31N5O5/c1-28(2,3)37-27(35)31-22(26(34)36-18-19-9-5-4-6-10-19)17-24-32-23(33-38-24)13-7-12-21-15-14-20-11-8-16-29-25(20)30-21/h4-6,8-11,14-16,22H,7,12-13,17-18H2,1-3H3,(H,31,35). The Kier molecular flexibility index (Phi) is 8.62. The smallest absolute Gasteiger partial charge is 0.408 e. The molecule has 1 atom stereocenters. The van der Waals surface area contributed by atoms with E-state index in [0.29, 0.717) is 12.2 Å². The molecule has 0 bridgehead atoms. The quantitative estimate of drug-likeness (QED) is 0.305. The minimum absolute atomic E-state index is 0.0300. The fourth-order valence-electron chi connectivity index (χ4n) is 3.68. The van der Waals surface area contributed by atoms with Gasteiger partial charge in [0, 0.05) is 23.7 Å². The number of pyridine rings is 2. The van der Waals surface area contributed by atoms with E-state index in [9.17, 15) is 9.59 Å². The first kappa shape index (κ1) is 26.7. The van der Waals surface area contributed by atoms with Crippen LogP contribution in [0.2, 0.25) is 0 Å². The molecule has 0 spiro atoms. The fraction of sp³-hybridized carbons (Fsp3) is 0.357. The fourth-order valence-corrected chi connectivity index (χ4v) is 3.68. The van der Waals surface area contributed by atoms with Crippen LogP contribution >= 0.6 is 0 Å². The van der Waals surface area contributed by atoms with Crippen LogP contribution < -0.4 is 5.32 Å². The largest absolute Gasteiger partial charge is 0.459 e. The first-order valence-electron chi connectivity index (χ1n) is 12.5. The lowest BCUT2D eigenvalue weighted by Crippen LogP contribution is -2.45. The number of fused-ring (bicyclic) bond motifs is 1. The normalized spacial score (nSPS) is 12.2. The number of hydrogen-bond acceptors (Lipinski definition) is 9. The Morgan fingerprint density at radius 1 is 1.00 bits per heavy atom. The van der Waals surface area contributed by atoms with Crippen LogP contribution in [-0.2, 0) is 40.1 Å². The van der Waals surface area contributed by atoms with Gasteiger partial charge in [-0.1, -0.05) is 35.5 Å². The lowest BCUT2D eigenvalue weighted by Gasteiger charge is -2.22. The Morgan fingerprint density at radius 3 is 2.61 bits per heavy atom. The lowest BCUT2D eigenvalue weighted by atomic mass is 10.1. The molecule has 0 aliphatic carbocycles. The van der Waals surface area contributed by atoms with Crippen molar-refractivity contribution in [3.8, 4) is 0 Å². The van der Waals surface area contributed by atoms with Gasteiger partial charge in [0.05, 0.1) is 6.42 Å². The van der Waals surface area contributed by atoms with Gasteiger partial charge in [0.25, 0.3) is 0 Å². The van der Waals surface area contributed by atoms with Crippen molar-refractivity contribution in [1.29, 1.82) is 0 Å². The molecule has 38 heavy (non-hydrogen) atoms. The van der Waals surface area contributed by atoms with Crippen LogP contribution in [-0.4, -0.2) is 43.8 Å². The molecule has 0 aliphatic heterocycles. The van der Waals surface area contributed by atoms with Crippen molar-refractivity contribution in [2.75, 3.05) is 0 Å².